The molecule has 1 heterocycles. The van der Waals surface area contributed by atoms with Crippen LogP contribution in [0.1, 0.15) is 31.9 Å². The van der Waals surface area contributed by atoms with Gasteiger partial charge >= 0.3 is 17.9 Å². The van der Waals surface area contributed by atoms with E-state index in [-0.39, 0.29) is 12.8 Å². The Bertz CT molecular complexity index is 919. The van der Waals surface area contributed by atoms with Crippen molar-refractivity contribution in [3.8, 4) is 0 Å². The highest BCUT2D eigenvalue weighted by Gasteiger charge is 2.33. The number of nitrogens with zero attached hydrogens (tertiary/aromatic N) is 1. The highest BCUT2D eigenvalue weighted by molar-refractivity contribution is 5.95. The van der Waals surface area contributed by atoms with Crippen LogP contribution >= 0.6 is 0 Å². The normalized spacial score (nSPS) is 15.1. The van der Waals surface area contributed by atoms with Crippen molar-refractivity contribution in [3.05, 3.63) is 18.2 Å². The molecule has 5 atom stereocenters. The molecule has 0 aliphatic carbocycles. The van der Waals surface area contributed by atoms with E-state index in [4.69, 9.17) is 15.9 Å². The number of nitrogens with two attached hydrogens (primary N) is 1. The largest absolute Gasteiger partial charge is 0.481 e. The average Bonchev–Trinajstić information content (AvgIpc) is 3.26. The lowest BCUT2D eigenvalue weighted by Gasteiger charge is -2.25. The predicted molar refractivity (Wildman–Crippen MR) is 114 cm³/mol. The molecule has 0 aliphatic rings. The van der Waals surface area contributed by atoms with E-state index >= 15 is 0 Å². The van der Waals surface area contributed by atoms with Gasteiger partial charge in [-0.25, -0.2) is 9.78 Å². The van der Waals surface area contributed by atoms with Crippen molar-refractivity contribution in [3.63, 3.8) is 0 Å². The maximum atomic E-state index is 12.8. The third-order valence-corrected chi connectivity index (χ3v) is 4.68. The minimum atomic E-state index is -1.70. The lowest BCUT2D eigenvalue weighted by atomic mass is 10.1. The number of carboxylic acids is 3. The molecule has 0 fully saturated rings. The fraction of sp³-hybridized carbons (Fsp3) is 0.526. The number of imidazole rings is 1. The first kappa shape index (κ1) is 29.0. The molecule has 5 unspecified atom stereocenters. The molecule has 0 spiro atoms. The number of carbonyl (C=O) groups is 6. The fourth-order valence-electron chi connectivity index (χ4n) is 2.81. The van der Waals surface area contributed by atoms with E-state index in [0.717, 1.165) is 6.92 Å². The van der Waals surface area contributed by atoms with Gasteiger partial charge in [-0.05, 0) is 13.3 Å². The van der Waals surface area contributed by atoms with Crippen LogP contribution in [0.25, 0.3) is 0 Å². The van der Waals surface area contributed by atoms with E-state index in [1.807, 2.05) is 0 Å². The van der Waals surface area contributed by atoms with Gasteiger partial charge in [0.25, 0.3) is 0 Å². The molecule has 0 radical (unpaired) electrons. The fourth-order valence-corrected chi connectivity index (χ4v) is 2.81. The molecule has 35 heavy (non-hydrogen) atoms. The number of nitrogens with one attached hydrogen (secondary N) is 4. The number of aliphatic hydroxyl groups is 1. The Labute approximate surface area is 198 Å². The minimum Gasteiger partial charge on any atom is -0.481 e. The van der Waals surface area contributed by atoms with Crippen molar-refractivity contribution in [1.29, 1.82) is 0 Å². The third kappa shape index (κ3) is 10.2. The van der Waals surface area contributed by atoms with E-state index < -0.39 is 78.7 Å². The molecule has 1 rings (SSSR count). The van der Waals surface area contributed by atoms with E-state index in [9.17, 15) is 39.0 Å². The van der Waals surface area contributed by atoms with Crippen LogP contribution in [-0.4, -0.2) is 96.3 Å². The van der Waals surface area contributed by atoms with Crippen molar-refractivity contribution in [1.82, 2.24) is 25.9 Å². The van der Waals surface area contributed by atoms with Crippen molar-refractivity contribution >= 4 is 35.6 Å². The van der Waals surface area contributed by atoms with Crippen LogP contribution in [0, 0.1) is 0 Å². The molecule has 10 N–H and O–H groups in total. The maximum Gasteiger partial charge on any atom is 0.328 e. The predicted octanol–water partition coefficient (Wildman–Crippen LogP) is -3.46. The molecule has 0 saturated carbocycles. The van der Waals surface area contributed by atoms with Gasteiger partial charge in [-0.2, -0.15) is 0 Å². The lowest BCUT2D eigenvalue weighted by molar-refractivity contribution is -0.145. The highest BCUT2D eigenvalue weighted by Crippen LogP contribution is 2.04. The standard InChI is InChI=1S/C19H28N6O10/c1-8(26)15(19(34)35)25-18(33)11(4-9-6-21-7-22-9)24-17(32)12(5-14(29)30)23-16(31)10(20)2-3-13(27)28/h6-8,10-12,15,26H,2-5,20H2,1H3,(H,21,22)(H,23,31)(H,24,32)(H,25,33)(H,27,28)(H,29,30)(H,34,35). The van der Waals surface area contributed by atoms with E-state index in [2.05, 4.69) is 25.9 Å². The number of aromatic amines is 1. The number of carbonyl (C=O) groups excluding carboxylic acids is 3. The minimum absolute atomic E-state index is 0.227. The van der Waals surface area contributed by atoms with Crippen LogP contribution in [0.4, 0.5) is 0 Å². The topological polar surface area (TPSA) is 274 Å². The molecular formula is C19H28N6O10. The summed E-state index contributed by atoms with van der Waals surface area (Å²) in [5.74, 6) is -7.32. The second-order valence-corrected chi connectivity index (χ2v) is 7.61. The summed E-state index contributed by atoms with van der Waals surface area (Å²) in [6.45, 7) is 1.13. The van der Waals surface area contributed by atoms with Gasteiger partial charge in [0.2, 0.25) is 17.7 Å². The van der Waals surface area contributed by atoms with Gasteiger partial charge in [-0.1, -0.05) is 0 Å². The van der Waals surface area contributed by atoms with Crippen LogP contribution in [0.15, 0.2) is 12.5 Å². The molecule has 194 valence electrons. The number of rotatable bonds is 15. The number of aromatic nitrogens is 2. The molecule has 1 aromatic rings. The summed E-state index contributed by atoms with van der Waals surface area (Å²) >= 11 is 0. The molecule has 16 heteroatoms. The zero-order valence-corrected chi connectivity index (χ0v) is 18.6. The van der Waals surface area contributed by atoms with Gasteiger partial charge in [0.1, 0.15) is 12.1 Å². The van der Waals surface area contributed by atoms with Gasteiger partial charge in [0, 0.05) is 24.7 Å². The number of aliphatic carboxylic acids is 3. The Morgan fingerprint density at radius 1 is 0.971 bits per heavy atom. The first-order chi connectivity index (χ1) is 16.3. The molecule has 0 saturated heterocycles. The SMILES string of the molecule is CC(O)C(NC(=O)C(Cc1cnc[nH]1)NC(=O)C(CC(=O)O)NC(=O)C(N)CCC(=O)O)C(=O)O. The highest BCUT2D eigenvalue weighted by atomic mass is 16.4. The second-order valence-electron chi connectivity index (χ2n) is 7.61. The summed E-state index contributed by atoms with van der Waals surface area (Å²) in [6, 6.07) is -6.20. The zero-order valence-electron chi connectivity index (χ0n) is 18.6. The maximum absolute atomic E-state index is 12.8. The van der Waals surface area contributed by atoms with Gasteiger partial charge < -0.3 is 47.1 Å². The van der Waals surface area contributed by atoms with Crippen molar-refractivity contribution < 1.29 is 49.2 Å². The van der Waals surface area contributed by atoms with Gasteiger partial charge in [-0.3, -0.25) is 24.0 Å². The zero-order chi connectivity index (χ0) is 26.7. The molecule has 0 aromatic carbocycles. The van der Waals surface area contributed by atoms with Crippen molar-refractivity contribution in [2.45, 2.75) is 62.9 Å². The van der Waals surface area contributed by atoms with Gasteiger partial charge in [0.05, 0.1) is 24.9 Å². The molecule has 16 nitrogen and oxygen atoms in total. The lowest BCUT2D eigenvalue weighted by Crippen LogP contribution is -2.59. The molecule has 1 aromatic heterocycles. The Kier molecular flexibility index (Phi) is 11.3. The van der Waals surface area contributed by atoms with E-state index in [1.165, 1.54) is 12.5 Å². The first-order valence-corrected chi connectivity index (χ1v) is 10.3. The summed E-state index contributed by atoms with van der Waals surface area (Å²) in [4.78, 5) is 77.4. The summed E-state index contributed by atoms with van der Waals surface area (Å²) in [7, 11) is 0. The number of hydrogen-bond donors (Lipinski definition) is 9. The van der Waals surface area contributed by atoms with Crippen LogP contribution in [0.5, 0.6) is 0 Å². The number of H-pyrrole nitrogens is 1. The van der Waals surface area contributed by atoms with Crippen LogP contribution in [0.3, 0.4) is 0 Å². The monoisotopic (exact) mass is 500 g/mol. The third-order valence-electron chi connectivity index (χ3n) is 4.68. The van der Waals surface area contributed by atoms with E-state index in [0.29, 0.717) is 5.69 Å². The number of amides is 3. The second kappa shape index (κ2) is 13.6. The van der Waals surface area contributed by atoms with Gasteiger partial charge in [0.15, 0.2) is 6.04 Å². The van der Waals surface area contributed by atoms with E-state index in [1.54, 1.807) is 0 Å². The van der Waals surface area contributed by atoms with Gasteiger partial charge in [-0.15, -0.1) is 0 Å². The summed E-state index contributed by atoms with van der Waals surface area (Å²) < 4.78 is 0. The van der Waals surface area contributed by atoms with Crippen molar-refractivity contribution in [2.24, 2.45) is 5.73 Å². The molecule has 0 bridgehead atoms. The smallest absolute Gasteiger partial charge is 0.328 e. The quantitative estimate of drug-likeness (QED) is 0.114. The number of hydrogen-bond acceptors (Lipinski definition) is 9. The summed E-state index contributed by atoms with van der Waals surface area (Å²) in [5, 5.41) is 43.1. The molecular weight excluding hydrogens is 472 g/mol. The first-order valence-electron chi connectivity index (χ1n) is 10.3. The Balaban J connectivity index is 3.05. The average molecular weight is 500 g/mol. The van der Waals surface area contributed by atoms with Crippen LogP contribution < -0.4 is 21.7 Å². The molecule has 0 aliphatic heterocycles. The Morgan fingerprint density at radius 3 is 2.06 bits per heavy atom. The van der Waals surface area contributed by atoms with Crippen LogP contribution in [-0.2, 0) is 35.2 Å². The number of carboxylic acid groups (broad SMARTS) is 3. The Morgan fingerprint density at radius 2 is 1.57 bits per heavy atom. The summed E-state index contributed by atoms with van der Waals surface area (Å²) in [6.07, 6.45) is -0.704. The Hall–Kier alpha value is -4.05. The summed E-state index contributed by atoms with van der Waals surface area (Å²) in [5.41, 5.74) is 5.94. The molecule has 3 amide bonds. The van der Waals surface area contributed by atoms with Crippen LogP contribution in [0.2, 0.25) is 0 Å². The van der Waals surface area contributed by atoms with Crippen molar-refractivity contribution in [2.75, 3.05) is 0 Å². The number of aliphatic hydroxyl groups excluding tert-OH is 1.